The van der Waals surface area contributed by atoms with Crippen LogP contribution in [-0.4, -0.2) is 36.4 Å². The van der Waals surface area contributed by atoms with Gasteiger partial charge in [-0.3, -0.25) is 10.1 Å². The molecular formula is C14H22N2O3. The van der Waals surface area contributed by atoms with E-state index in [1.807, 2.05) is 37.3 Å². The van der Waals surface area contributed by atoms with Crippen molar-refractivity contribution in [1.82, 2.24) is 10.6 Å². The molecule has 5 nitrogen and oxygen atoms in total. The number of amides is 1. The zero-order valence-electron chi connectivity index (χ0n) is 11.5. The molecule has 0 aromatic heterocycles. The van der Waals surface area contributed by atoms with Gasteiger partial charge in [0, 0.05) is 13.0 Å². The molecule has 106 valence electrons. The number of ether oxygens (including phenoxy) is 1. The summed E-state index contributed by atoms with van der Waals surface area (Å²) in [5.41, 5.74) is -0.968. The molecule has 1 heterocycles. The minimum absolute atomic E-state index is 0.185. The van der Waals surface area contributed by atoms with Crippen molar-refractivity contribution in [3.63, 3.8) is 0 Å². The number of hydrogen-bond acceptors (Lipinski definition) is 4. The van der Waals surface area contributed by atoms with Crippen molar-refractivity contribution in [2.75, 3.05) is 19.7 Å². The average molecular weight is 266 g/mol. The normalized spacial score (nSPS) is 16.3. The zero-order chi connectivity index (χ0) is 14.1. The quantitative estimate of drug-likeness (QED) is 0.547. The van der Waals surface area contributed by atoms with E-state index in [9.17, 15) is 9.90 Å². The molecule has 0 radical (unpaired) electrons. The number of carbonyl (C=O) groups is 1. The molecule has 1 aliphatic rings. The first kappa shape index (κ1) is 15.5. The molecule has 1 fully saturated rings. The predicted octanol–water partition coefficient (Wildman–Crippen LogP) is 0.890. The number of para-hydroxylation sites is 1. The van der Waals surface area contributed by atoms with Crippen molar-refractivity contribution < 1.29 is 14.6 Å². The molecule has 1 aliphatic heterocycles. The second kappa shape index (κ2) is 7.76. The molecule has 1 atom stereocenters. The summed E-state index contributed by atoms with van der Waals surface area (Å²) in [4.78, 5) is 9.79. The zero-order valence-corrected chi connectivity index (χ0v) is 11.5. The fourth-order valence-corrected chi connectivity index (χ4v) is 1.40. The Hall–Kier alpha value is -1.59. The van der Waals surface area contributed by atoms with Crippen LogP contribution in [0.25, 0.3) is 0 Å². The van der Waals surface area contributed by atoms with Crippen LogP contribution in [0.2, 0.25) is 0 Å². The molecule has 1 aromatic rings. The molecule has 0 spiro atoms. The molecule has 0 bridgehead atoms. The first-order valence-electron chi connectivity index (χ1n) is 6.45. The maximum absolute atomic E-state index is 9.79. The number of benzene rings is 1. The van der Waals surface area contributed by atoms with E-state index in [2.05, 4.69) is 10.6 Å². The van der Waals surface area contributed by atoms with Crippen LogP contribution >= 0.6 is 0 Å². The summed E-state index contributed by atoms with van der Waals surface area (Å²) >= 11 is 0. The summed E-state index contributed by atoms with van der Waals surface area (Å²) in [6.07, 6.45) is 0.736. The molecular weight excluding hydrogens is 244 g/mol. The first-order chi connectivity index (χ1) is 9.03. The Morgan fingerprint density at radius 2 is 2.00 bits per heavy atom. The highest BCUT2D eigenvalue weighted by Gasteiger charge is 2.18. The van der Waals surface area contributed by atoms with E-state index in [0.717, 1.165) is 18.7 Å². The predicted molar refractivity (Wildman–Crippen MR) is 73.9 cm³/mol. The van der Waals surface area contributed by atoms with Gasteiger partial charge in [0.1, 0.15) is 18.1 Å². The Morgan fingerprint density at radius 1 is 1.42 bits per heavy atom. The van der Waals surface area contributed by atoms with Gasteiger partial charge in [0.2, 0.25) is 5.91 Å². The standard InChI is InChI=1S/C11H17NO2.C3H5NO/c1-3-12-11(2,13)9-14-10-7-5-4-6-8-10;5-3-1-2-4-3/h4-8,12-13H,3,9H2,1-2H3;1-2H2,(H,4,5). The molecule has 1 unspecified atom stereocenters. The Morgan fingerprint density at radius 3 is 2.42 bits per heavy atom. The van der Waals surface area contributed by atoms with Crippen LogP contribution in [0, 0.1) is 0 Å². The van der Waals surface area contributed by atoms with Crippen LogP contribution < -0.4 is 15.4 Å². The molecule has 0 saturated carbocycles. The number of aliphatic hydroxyl groups is 1. The highest BCUT2D eigenvalue weighted by molar-refractivity contribution is 5.81. The van der Waals surface area contributed by atoms with E-state index in [1.165, 1.54) is 0 Å². The first-order valence-corrected chi connectivity index (χ1v) is 6.45. The SMILES string of the molecule is CCNC(C)(O)COc1ccccc1.O=C1CCN1. The van der Waals surface area contributed by atoms with E-state index in [4.69, 9.17) is 4.74 Å². The highest BCUT2D eigenvalue weighted by Crippen LogP contribution is 2.10. The summed E-state index contributed by atoms with van der Waals surface area (Å²) in [7, 11) is 0. The molecule has 0 aliphatic carbocycles. The Kier molecular flexibility index (Phi) is 6.32. The van der Waals surface area contributed by atoms with Gasteiger partial charge in [-0.2, -0.15) is 0 Å². The van der Waals surface area contributed by atoms with E-state index < -0.39 is 5.72 Å². The van der Waals surface area contributed by atoms with Crippen molar-refractivity contribution in [2.24, 2.45) is 0 Å². The van der Waals surface area contributed by atoms with Crippen LogP contribution in [0.5, 0.6) is 5.75 Å². The number of carbonyl (C=O) groups excluding carboxylic acids is 1. The average Bonchev–Trinajstić information content (AvgIpc) is 2.36. The molecule has 1 saturated heterocycles. The van der Waals surface area contributed by atoms with Gasteiger partial charge in [0.25, 0.3) is 0 Å². The van der Waals surface area contributed by atoms with E-state index >= 15 is 0 Å². The molecule has 1 aromatic carbocycles. The van der Waals surface area contributed by atoms with Crippen LogP contribution in [0.1, 0.15) is 20.3 Å². The highest BCUT2D eigenvalue weighted by atomic mass is 16.5. The fraction of sp³-hybridized carbons (Fsp3) is 0.500. The third-order valence-corrected chi connectivity index (χ3v) is 2.49. The number of rotatable bonds is 5. The Balaban J connectivity index is 0.000000300. The van der Waals surface area contributed by atoms with Crippen LogP contribution in [-0.2, 0) is 4.79 Å². The number of likely N-dealkylation sites (N-methyl/N-ethyl adjacent to an activating group) is 1. The molecule has 19 heavy (non-hydrogen) atoms. The van der Waals surface area contributed by atoms with Crippen molar-refractivity contribution in [3.8, 4) is 5.75 Å². The Labute approximate surface area is 114 Å². The van der Waals surface area contributed by atoms with Crippen LogP contribution in [0.3, 0.4) is 0 Å². The third-order valence-electron chi connectivity index (χ3n) is 2.49. The van der Waals surface area contributed by atoms with Gasteiger partial charge in [0.15, 0.2) is 0 Å². The van der Waals surface area contributed by atoms with E-state index in [-0.39, 0.29) is 12.5 Å². The fourth-order valence-electron chi connectivity index (χ4n) is 1.40. The summed E-state index contributed by atoms with van der Waals surface area (Å²) in [6.45, 7) is 5.48. The van der Waals surface area contributed by atoms with Crippen molar-refractivity contribution >= 4 is 5.91 Å². The van der Waals surface area contributed by atoms with Gasteiger partial charge in [-0.15, -0.1) is 0 Å². The third kappa shape index (κ3) is 6.79. The minimum atomic E-state index is -0.968. The van der Waals surface area contributed by atoms with E-state index in [1.54, 1.807) is 6.92 Å². The molecule has 1 amide bonds. The van der Waals surface area contributed by atoms with E-state index in [0.29, 0.717) is 6.54 Å². The topological polar surface area (TPSA) is 70.6 Å². The van der Waals surface area contributed by atoms with Crippen molar-refractivity contribution in [1.29, 1.82) is 0 Å². The molecule has 5 heteroatoms. The summed E-state index contributed by atoms with van der Waals surface area (Å²) in [5, 5.41) is 15.2. The number of β-lactam (4-membered cyclic amide) rings is 1. The smallest absolute Gasteiger partial charge is 0.221 e. The lowest BCUT2D eigenvalue weighted by Crippen LogP contribution is -2.47. The lowest BCUT2D eigenvalue weighted by molar-refractivity contribution is -0.125. The van der Waals surface area contributed by atoms with Gasteiger partial charge in [-0.1, -0.05) is 25.1 Å². The maximum Gasteiger partial charge on any atom is 0.221 e. The van der Waals surface area contributed by atoms with Gasteiger partial charge in [-0.05, 0) is 25.6 Å². The van der Waals surface area contributed by atoms with Crippen molar-refractivity contribution in [3.05, 3.63) is 30.3 Å². The summed E-state index contributed by atoms with van der Waals surface area (Å²) in [5.74, 6) is 0.954. The number of hydrogen-bond donors (Lipinski definition) is 3. The van der Waals surface area contributed by atoms with Gasteiger partial charge < -0.3 is 15.2 Å². The van der Waals surface area contributed by atoms with Crippen molar-refractivity contribution in [2.45, 2.75) is 26.0 Å². The second-order valence-electron chi connectivity index (χ2n) is 4.51. The van der Waals surface area contributed by atoms with Crippen LogP contribution in [0.15, 0.2) is 30.3 Å². The van der Waals surface area contributed by atoms with Gasteiger partial charge >= 0.3 is 0 Å². The summed E-state index contributed by atoms with van der Waals surface area (Å²) < 4.78 is 5.41. The van der Waals surface area contributed by atoms with Gasteiger partial charge in [-0.25, -0.2) is 0 Å². The number of nitrogens with one attached hydrogen (secondary N) is 2. The summed E-state index contributed by atoms with van der Waals surface area (Å²) in [6, 6.07) is 9.45. The van der Waals surface area contributed by atoms with Crippen LogP contribution in [0.4, 0.5) is 0 Å². The molecule has 2 rings (SSSR count). The monoisotopic (exact) mass is 266 g/mol. The Bertz CT molecular complexity index is 374. The lowest BCUT2D eigenvalue weighted by Gasteiger charge is -2.24. The maximum atomic E-state index is 9.79. The minimum Gasteiger partial charge on any atom is -0.489 e. The molecule has 3 N–H and O–H groups in total. The lowest BCUT2D eigenvalue weighted by atomic mass is 10.3. The largest absolute Gasteiger partial charge is 0.489 e. The second-order valence-corrected chi connectivity index (χ2v) is 4.51. The van der Waals surface area contributed by atoms with Gasteiger partial charge in [0.05, 0.1) is 0 Å².